The van der Waals surface area contributed by atoms with Gasteiger partial charge in [0.25, 0.3) is 5.56 Å². The number of aromatic nitrogens is 3. The van der Waals surface area contributed by atoms with Crippen molar-refractivity contribution in [3.8, 4) is 17.1 Å². The number of ether oxygens (including phenoxy) is 1. The summed E-state index contributed by atoms with van der Waals surface area (Å²) in [5.74, 6) is 1.35. The van der Waals surface area contributed by atoms with Crippen LogP contribution in [0, 0.1) is 0 Å². The first kappa shape index (κ1) is 15.0. The van der Waals surface area contributed by atoms with E-state index < -0.39 is 0 Å². The molecule has 0 aliphatic rings. The standard InChI is InChI=1S/C17H13N3O2S2/c1-2-22-12-7-5-11(6-8-12)15-18-17-20(19-15)16(21)14(24-17)10-13-4-3-9-23-13/h3-10H,2H2,1H3/b14-10+. The Morgan fingerprint density at radius 3 is 2.75 bits per heavy atom. The Labute approximate surface area is 145 Å². The number of rotatable bonds is 4. The quantitative estimate of drug-likeness (QED) is 0.565. The Morgan fingerprint density at radius 1 is 1.25 bits per heavy atom. The van der Waals surface area contributed by atoms with Crippen molar-refractivity contribution in [1.29, 1.82) is 0 Å². The smallest absolute Gasteiger partial charge is 0.291 e. The second kappa shape index (κ2) is 6.18. The highest BCUT2D eigenvalue weighted by Gasteiger charge is 2.12. The lowest BCUT2D eigenvalue weighted by atomic mass is 10.2. The first-order valence-corrected chi connectivity index (χ1v) is 9.12. The monoisotopic (exact) mass is 355 g/mol. The van der Waals surface area contributed by atoms with Crippen LogP contribution in [0.25, 0.3) is 22.4 Å². The van der Waals surface area contributed by atoms with Crippen molar-refractivity contribution in [2.24, 2.45) is 0 Å². The molecule has 0 saturated carbocycles. The Kier molecular flexibility index (Phi) is 3.87. The highest BCUT2D eigenvalue weighted by Crippen LogP contribution is 2.20. The van der Waals surface area contributed by atoms with Crippen molar-refractivity contribution in [2.45, 2.75) is 6.92 Å². The van der Waals surface area contributed by atoms with Crippen LogP contribution in [-0.4, -0.2) is 21.2 Å². The fourth-order valence-corrected chi connectivity index (χ4v) is 3.96. The Balaban J connectivity index is 1.73. The van der Waals surface area contributed by atoms with E-state index in [1.807, 2.05) is 54.8 Å². The highest BCUT2D eigenvalue weighted by atomic mass is 32.1. The summed E-state index contributed by atoms with van der Waals surface area (Å²) in [6.07, 6.45) is 1.88. The topological polar surface area (TPSA) is 56.5 Å². The average Bonchev–Trinajstić information content (AvgIpc) is 3.29. The van der Waals surface area contributed by atoms with Crippen molar-refractivity contribution >= 4 is 33.7 Å². The minimum atomic E-state index is -0.131. The van der Waals surface area contributed by atoms with Gasteiger partial charge in [-0.3, -0.25) is 4.79 Å². The minimum Gasteiger partial charge on any atom is -0.494 e. The first-order chi connectivity index (χ1) is 11.7. The maximum atomic E-state index is 12.5. The van der Waals surface area contributed by atoms with Crippen LogP contribution in [0.3, 0.4) is 0 Å². The molecule has 0 saturated heterocycles. The van der Waals surface area contributed by atoms with Crippen LogP contribution in [0.5, 0.6) is 5.75 Å². The van der Waals surface area contributed by atoms with Gasteiger partial charge in [0.15, 0.2) is 5.82 Å². The predicted octanol–water partition coefficient (Wildman–Crippen LogP) is 2.83. The molecule has 0 spiro atoms. The molecule has 5 nitrogen and oxygen atoms in total. The number of thiophene rings is 1. The Bertz CT molecular complexity index is 1080. The fraction of sp³-hybridized carbons (Fsp3) is 0.118. The maximum absolute atomic E-state index is 12.5. The molecule has 0 N–H and O–H groups in total. The van der Waals surface area contributed by atoms with Gasteiger partial charge in [0.2, 0.25) is 4.96 Å². The fourth-order valence-electron chi connectivity index (χ4n) is 2.33. The molecular weight excluding hydrogens is 342 g/mol. The van der Waals surface area contributed by atoms with Gasteiger partial charge in [-0.2, -0.15) is 9.50 Å². The second-order valence-corrected chi connectivity index (χ2v) is 7.01. The van der Waals surface area contributed by atoms with E-state index in [1.54, 1.807) is 11.3 Å². The number of fused-ring (bicyclic) bond motifs is 1. The Morgan fingerprint density at radius 2 is 2.08 bits per heavy atom. The van der Waals surface area contributed by atoms with Gasteiger partial charge >= 0.3 is 0 Å². The molecule has 0 amide bonds. The molecule has 120 valence electrons. The van der Waals surface area contributed by atoms with E-state index >= 15 is 0 Å². The summed E-state index contributed by atoms with van der Waals surface area (Å²) in [6, 6.07) is 11.5. The summed E-state index contributed by atoms with van der Waals surface area (Å²) < 4.78 is 7.44. The predicted molar refractivity (Wildman–Crippen MR) is 96.8 cm³/mol. The number of benzene rings is 1. The number of hydrogen-bond acceptors (Lipinski definition) is 6. The van der Waals surface area contributed by atoms with Crippen LogP contribution in [0.4, 0.5) is 0 Å². The molecule has 3 aromatic heterocycles. The molecular formula is C17H13N3O2S2. The molecule has 0 unspecified atom stereocenters. The van der Waals surface area contributed by atoms with E-state index in [4.69, 9.17) is 4.74 Å². The van der Waals surface area contributed by atoms with Gasteiger partial charge in [-0.1, -0.05) is 17.4 Å². The molecule has 0 bridgehead atoms. The summed E-state index contributed by atoms with van der Waals surface area (Å²) in [4.78, 5) is 18.6. The van der Waals surface area contributed by atoms with Gasteiger partial charge in [-0.15, -0.1) is 16.4 Å². The highest BCUT2D eigenvalue weighted by molar-refractivity contribution is 7.15. The number of nitrogens with zero attached hydrogens (tertiary/aromatic N) is 3. The van der Waals surface area contributed by atoms with E-state index in [-0.39, 0.29) is 5.56 Å². The normalized spacial score (nSPS) is 12.1. The van der Waals surface area contributed by atoms with Gasteiger partial charge in [0, 0.05) is 10.4 Å². The first-order valence-electron chi connectivity index (χ1n) is 7.42. The maximum Gasteiger partial charge on any atom is 0.291 e. The van der Waals surface area contributed by atoms with E-state index in [2.05, 4.69) is 10.1 Å². The zero-order valence-corrected chi connectivity index (χ0v) is 14.4. The van der Waals surface area contributed by atoms with Gasteiger partial charge in [-0.25, -0.2) is 0 Å². The molecule has 0 atom stereocenters. The van der Waals surface area contributed by atoms with Crippen molar-refractivity contribution < 1.29 is 4.74 Å². The van der Waals surface area contributed by atoms with Crippen molar-refractivity contribution in [1.82, 2.24) is 14.6 Å². The van der Waals surface area contributed by atoms with E-state index in [0.717, 1.165) is 16.2 Å². The minimum absolute atomic E-state index is 0.131. The lowest BCUT2D eigenvalue weighted by Crippen LogP contribution is -2.23. The van der Waals surface area contributed by atoms with Crippen molar-refractivity contribution in [2.75, 3.05) is 6.61 Å². The molecule has 0 aliphatic carbocycles. The summed E-state index contributed by atoms with van der Waals surface area (Å²) in [7, 11) is 0. The lowest BCUT2D eigenvalue weighted by molar-refractivity contribution is 0.340. The second-order valence-electron chi connectivity index (χ2n) is 5.02. The Hall–Kier alpha value is -2.51. The van der Waals surface area contributed by atoms with Gasteiger partial charge in [-0.05, 0) is 48.7 Å². The summed E-state index contributed by atoms with van der Waals surface area (Å²) >= 11 is 2.95. The summed E-state index contributed by atoms with van der Waals surface area (Å²) in [5.41, 5.74) is 0.727. The molecule has 7 heteroatoms. The lowest BCUT2D eigenvalue weighted by Gasteiger charge is -2.02. The van der Waals surface area contributed by atoms with E-state index in [1.165, 1.54) is 15.9 Å². The molecule has 1 aromatic carbocycles. The molecule has 4 rings (SSSR count). The number of hydrogen-bond donors (Lipinski definition) is 0. The van der Waals surface area contributed by atoms with Gasteiger partial charge in [0.1, 0.15) is 5.75 Å². The average molecular weight is 355 g/mol. The van der Waals surface area contributed by atoms with Crippen molar-refractivity contribution in [3.05, 3.63) is 61.5 Å². The van der Waals surface area contributed by atoms with Crippen LogP contribution in [-0.2, 0) is 0 Å². The zero-order chi connectivity index (χ0) is 16.5. The molecule has 0 fully saturated rings. The van der Waals surface area contributed by atoms with Crippen LogP contribution < -0.4 is 14.8 Å². The third-order valence-corrected chi connectivity index (χ3v) is 5.20. The summed E-state index contributed by atoms with van der Waals surface area (Å²) in [6.45, 7) is 2.57. The molecule has 4 aromatic rings. The van der Waals surface area contributed by atoms with Crippen LogP contribution >= 0.6 is 22.7 Å². The van der Waals surface area contributed by atoms with Crippen LogP contribution in [0.2, 0.25) is 0 Å². The zero-order valence-electron chi connectivity index (χ0n) is 12.8. The molecule has 24 heavy (non-hydrogen) atoms. The molecule has 0 aliphatic heterocycles. The number of thiazole rings is 1. The van der Waals surface area contributed by atoms with Crippen LogP contribution in [0.15, 0.2) is 46.6 Å². The molecule has 0 radical (unpaired) electrons. The summed E-state index contributed by atoms with van der Waals surface area (Å²) in [5, 5.41) is 6.34. The third kappa shape index (κ3) is 2.72. The van der Waals surface area contributed by atoms with Gasteiger partial charge in [0.05, 0.1) is 11.1 Å². The van der Waals surface area contributed by atoms with Crippen LogP contribution in [0.1, 0.15) is 11.8 Å². The van der Waals surface area contributed by atoms with Gasteiger partial charge < -0.3 is 4.74 Å². The van der Waals surface area contributed by atoms with E-state index in [0.29, 0.717) is 21.9 Å². The largest absolute Gasteiger partial charge is 0.494 e. The van der Waals surface area contributed by atoms with E-state index in [9.17, 15) is 4.79 Å². The van der Waals surface area contributed by atoms with Crippen molar-refractivity contribution in [3.63, 3.8) is 0 Å². The third-order valence-electron chi connectivity index (χ3n) is 3.42. The molecule has 3 heterocycles. The SMILES string of the molecule is CCOc1ccc(-c2nc3s/c(=C/c4cccs4)c(=O)n3n2)cc1.